The molecule has 0 spiro atoms. The predicted molar refractivity (Wildman–Crippen MR) is 128 cm³/mol. The number of aromatic nitrogens is 5. The highest BCUT2D eigenvalue weighted by Gasteiger charge is 2.15. The van der Waals surface area contributed by atoms with E-state index in [2.05, 4.69) is 10.3 Å². The van der Waals surface area contributed by atoms with E-state index in [0.29, 0.717) is 39.3 Å². The third-order valence-electron chi connectivity index (χ3n) is 5.10. The normalized spacial score (nSPS) is 11.2. The Morgan fingerprint density at radius 1 is 0.848 bits per heavy atom. The molecule has 0 aliphatic carbocycles. The van der Waals surface area contributed by atoms with Crippen LogP contribution >= 0.6 is 11.8 Å². The van der Waals surface area contributed by atoms with Crippen molar-refractivity contribution in [3.05, 3.63) is 93.5 Å². The summed E-state index contributed by atoms with van der Waals surface area (Å²) in [4.78, 5) is 30.9. The first-order valence-electron chi connectivity index (χ1n) is 10.4. The third kappa shape index (κ3) is 3.98. The van der Waals surface area contributed by atoms with E-state index in [1.54, 1.807) is 34.9 Å². The molecular weight excluding hydrogens is 438 g/mol. The summed E-state index contributed by atoms with van der Waals surface area (Å²) in [6.07, 6.45) is 0. The molecule has 0 radical (unpaired) electrons. The van der Waals surface area contributed by atoms with Crippen molar-refractivity contribution in [2.45, 2.75) is 18.0 Å². The van der Waals surface area contributed by atoms with Crippen LogP contribution in [0, 0.1) is 0 Å². The number of benzene rings is 3. The maximum atomic E-state index is 13.4. The molecule has 3 aromatic carbocycles. The first-order valence-corrected chi connectivity index (χ1v) is 11.3. The number of ether oxygens (including phenoxy) is 1. The Labute approximate surface area is 192 Å². The fourth-order valence-electron chi connectivity index (χ4n) is 3.52. The van der Waals surface area contributed by atoms with Gasteiger partial charge < -0.3 is 4.74 Å². The molecule has 0 N–H and O–H groups in total. The molecule has 5 aromatic rings. The molecule has 0 atom stereocenters. The quantitative estimate of drug-likeness (QED) is 0.284. The molecule has 9 heteroatoms. The molecule has 2 heterocycles. The highest BCUT2D eigenvalue weighted by atomic mass is 32.2. The minimum absolute atomic E-state index is 0.151. The van der Waals surface area contributed by atoms with Crippen molar-refractivity contribution in [3.8, 4) is 11.4 Å². The fourth-order valence-corrected chi connectivity index (χ4v) is 4.41. The lowest BCUT2D eigenvalue weighted by molar-refractivity contribution is 0.340. The molecule has 33 heavy (non-hydrogen) atoms. The average Bonchev–Trinajstić information content (AvgIpc) is 2.85. The Bertz CT molecular complexity index is 1580. The van der Waals surface area contributed by atoms with E-state index in [4.69, 9.17) is 9.72 Å². The van der Waals surface area contributed by atoms with E-state index < -0.39 is 0 Å². The van der Waals surface area contributed by atoms with Gasteiger partial charge >= 0.3 is 0 Å². The number of hydrogen-bond acceptors (Lipinski definition) is 7. The number of rotatable bonds is 6. The van der Waals surface area contributed by atoms with Crippen LogP contribution < -0.4 is 15.9 Å². The zero-order chi connectivity index (χ0) is 22.8. The monoisotopic (exact) mass is 457 g/mol. The topological polar surface area (TPSA) is 91.9 Å². The van der Waals surface area contributed by atoms with Gasteiger partial charge in [-0.1, -0.05) is 41.2 Å². The Morgan fingerprint density at radius 3 is 2.24 bits per heavy atom. The number of hydrogen-bond donors (Lipinski definition) is 0. The van der Waals surface area contributed by atoms with E-state index >= 15 is 0 Å². The minimum atomic E-state index is -0.246. The molecule has 0 aliphatic rings. The van der Waals surface area contributed by atoms with Crippen LogP contribution in [0.3, 0.4) is 0 Å². The molecule has 0 bridgehead atoms. The summed E-state index contributed by atoms with van der Waals surface area (Å²) >= 11 is 1.24. The Morgan fingerprint density at radius 2 is 1.52 bits per heavy atom. The number of para-hydroxylation sites is 1. The van der Waals surface area contributed by atoms with Gasteiger partial charge in [0.2, 0.25) is 0 Å². The second-order valence-electron chi connectivity index (χ2n) is 7.16. The van der Waals surface area contributed by atoms with Gasteiger partial charge in [0, 0.05) is 0 Å². The van der Waals surface area contributed by atoms with Crippen molar-refractivity contribution in [3.63, 3.8) is 0 Å². The SMILES string of the molecule is CCOc1ccc(-n2c(SCn3nnc4ccccc4c3=O)nc3ccccc3c2=O)cc1. The first-order chi connectivity index (χ1) is 16.2. The molecule has 0 saturated heterocycles. The van der Waals surface area contributed by atoms with Crippen LogP contribution in [0.1, 0.15) is 6.92 Å². The predicted octanol–water partition coefficient (Wildman–Crippen LogP) is 3.64. The van der Waals surface area contributed by atoms with Gasteiger partial charge in [0.25, 0.3) is 11.1 Å². The van der Waals surface area contributed by atoms with Crippen LogP contribution in [-0.4, -0.2) is 31.2 Å². The molecule has 164 valence electrons. The fraction of sp³-hybridized carbons (Fsp3) is 0.125. The summed E-state index contributed by atoms with van der Waals surface area (Å²) < 4.78 is 8.34. The van der Waals surface area contributed by atoms with Gasteiger partial charge in [-0.3, -0.25) is 14.2 Å². The van der Waals surface area contributed by atoms with Gasteiger partial charge in [0.05, 0.1) is 34.5 Å². The second-order valence-corrected chi connectivity index (χ2v) is 8.08. The Kier molecular flexibility index (Phi) is 5.62. The third-order valence-corrected chi connectivity index (χ3v) is 6.00. The van der Waals surface area contributed by atoms with Crippen molar-refractivity contribution in [2.75, 3.05) is 6.61 Å². The number of fused-ring (bicyclic) bond motifs is 2. The lowest BCUT2D eigenvalue weighted by atomic mass is 10.2. The van der Waals surface area contributed by atoms with Gasteiger partial charge in [0.15, 0.2) is 5.16 Å². The zero-order valence-electron chi connectivity index (χ0n) is 17.7. The molecule has 8 nitrogen and oxygen atoms in total. The van der Waals surface area contributed by atoms with Gasteiger partial charge in [0.1, 0.15) is 11.3 Å². The summed E-state index contributed by atoms with van der Waals surface area (Å²) in [7, 11) is 0. The minimum Gasteiger partial charge on any atom is -0.494 e. The van der Waals surface area contributed by atoms with Gasteiger partial charge in [-0.2, -0.15) is 4.68 Å². The van der Waals surface area contributed by atoms with Crippen LogP contribution in [0.25, 0.3) is 27.5 Å². The molecule has 2 aromatic heterocycles. The van der Waals surface area contributed by atoms with Gasteiger partial charge in [-0.15, -0.1) is 5.10 Å². The lowest BCUT2D eigenvalue weighted by Crippen LogP contribution is -2.25. The van der Waals surface area contributed by atoms with Crippen LogP contribution in [-0.2, 0) is 5.88 Å². The van der Waals surface area contributed by atoms with E-state index in [9.17, 15) is 9.59 Å². The summed E-state index contributed by atoms with van der Waals surface area (Å²) in [6, 6.07) is 21.5. The lowest BCUT2D eigenvalue weighted by Gasteiger charge is -2.14. The summed E-state index contributed by atoms with van der Waals surface area (Å²) in [5.41, 5.74) is 1.34. The summed E-state index contributed by atoms with van der Waals surface area (Å²) in [5, 5.41) is 9.62. The number of thioether (sulfide) groups is 1. The molecule has 0 aliphatic heterocycles. The largest absolute Gasteiger partial charge is 0.494 e. The Balaban J connectivity index is 1.58. The summed E-state index contributed by atoms with van der Waals surface area (Å²) in [6.45, 7) is 2.47. The van der Waals surface area contributed by atoms with Crippen molar-refractivity contribution in [2.24, 2.45) is 0 Å². The van der Waals surface area contributed by atoms with Crippen molar-refractivity contribution in [1.29, 1.82) is 0 Å². The van der Waals surface area contributed by atoms with E-state index in [1.807, 2.05) is 49.4 Å². The highest BCUT2D eigenvalue weighted by molar-refractivity contribution is 7.98. The first kappa shape index (κ1) is 20.9. The average molecular weight is 458 g/mol. The second kappa shape index (κ2) is 8.87. The van der Waals surface area contributed by atoms with Crippen LogP contribution in [0.15, 0.2) is 87.5 Å². The van der Waals surface area contributed by atoms with Crippen LogP contribution in [0.4, 0.5) is 0 Å². The molecular formula is C24H19N5O3S. The maximum Gasteiger partial charge on any atom is 0.278 e. The molecule has 0 fully saturated rings. The van der Waals surface area contributed by atoms with Crippen LogP contribution in [0.5, 0.6) is 5.75 Å². The molecule has 0 saturated carbocycles. The van der Waals surface area contributed by atoms with E-state index in [1.165, 1.54) is 16.4 Å². The summed E-state index contributed by atoms with van der Waals surface area (Å²) in [5.74, 6) is 0.869. The van der Waals surface area contributed by atoms with Crippen LogP contribution in [0.2, 0.25) is 0 Å². The number of nitrogens with zero attached hydrogens (tertiary/aromatic N) is 5. The molecule has 5 rings (SSSR count). The van der Waals surface area contributed by atoms with Crippen molar-refractivity contribution < 1.29 is 4.74 Å². The highest BCUT2D eigenvalue weighted by Crippen LogP contribution is 2.23. The zero-order valence-corrected chi connectivity index (χ0v) is 18.5. The van der Waals surface area contributed by atoms with Gasteiger partial charge in [-0.25, -0.2) is 4.98 Å². The molecule has 0 unspecified atom stereocenters. The molecule has 0 amide bonds. The smallest absolute Gasteiger partial charge is 0.278 e. The maximum absolute atomic E-state index is 13.4. The standard InChI is InChI=1S/C24H19N5O3S/c1-2-32-17-13-11-16(12-14-17)29-23(31)18-7-3-5-9-20(18)25-24(29)33-15-28-22(30)19-8-4-6-10-21(19)26-27-28/h3-14H,2,15H2,1H3. The van der Waals surface area contributed by atoms with E-state index in [-0.39, 0.29) is 17.0 Å². The van der Waals surface area contributed by atoms with Crippen molar-refractivity contribution >= 4 is 33.6 Å². The van der Waals surface area contributed by atoms with Gasteiger partial charge in [-0.05, 0) is 55.5 Å². The van der Waals surface area contributed by atoms with E-state index in [0.717, 1.165) is 5.75 Å². The van der Waals surface area contributed by atoms with Crippen molar-refractivity contribution in [1.82, 2.24) is 24.5 Å². The Hall–Kier alpha value is -3.98.